The number of aromatic nitrogens is 2. The third-order valence-electron chi connectivity index (χ3n) is 3.60. The van der Waals surface area contributed by atoms with Crippen molar-refractivity contribution < 1.29 is 0 Å². The Morgan fingerprint density at radius 1 is 1.53 bits per heavy atom. The van der Waals surface area contributed by atoms with Gasteiger partial charge < -0.3 is 10.3 Å². The number of H-pyrrole nitrogens is 1. The van der Waals surface area contributed by atoms with Gasteiger partial charge in [0.1, 0.15) is 5.01 Å². The topological polar surface area (TPSA) is 57.8 Å². The standard InChI is InChI=1S/C14H17N3OS/c1-9(14-15-7-8-19-14)16-11-3-2-4-12-10(11)5-6-13(18)17-12/h5-9,11,16H,2-4H2,1H3,(H,17,18). The minimum absolute atomic E-state index is 0.00706. The van der Waals surface area contributed by atoms with Crippen LogP contribution in [-0.2, 0) is 6.42 Å². The average Bonchev–Trinajstić information content (AvgIpc) is 2.92. The summed E-state index contributed by atoms with van der Waals surface area (Å²) in [7, 11) is 0. The van der Waals surface area contributed by atoms with E-state index in [1.807, 2.05) is 17.6 Å². The fourth-order valence-corrected chi connectivity index (χ4v) is 3.35. The van der Waals surface area contributed by atoms with Gasteiger partial charge in [0.25, 0.3) is 0 Å². The van der Waals surface area contributed by atoms with E-state index in [4.69, 9.17) is 0 Å². The lowest BCUT2D eigenvalue weighted by Crippen LogP contribution is -2.29. The van der Waals surface area contributed by atoms with Crippen LogP contribution in [0.2, 0.25) is 0 Å². The van der Waals surface area contributed by atoms with Gasteiger partial charge in [0.15, 0.2) is 0 Å². The molecular weight excluding hydrogens is 258 g/mol. The van der Waals surface area contributed by atoms with Crippen LogP contribution < -0.4 is 10.9 Å². The lowest BCUT2D eigenvalue weighted by molar-refractivity contribution is 0.411. The molecule has 0 aromatic carbocycles. The summed E-state index contributed by atoms with van der Waals surface area (Å²) >= 11 is 1.67. The lowest BCUT2D eigenvalue weighted by atomic mass is 9.91. The second kappa shape index (κ2) is 5.27. The molecule has 100 valence electrons. The molecule has 0 saturated carbocycles. The molecule has 0 radical (unpaired) electrons. The van der Waals surface area contributed by atoms with Crippen molar-refractivity contribution in [1.82, 2.24) is 15.3 Å². The van der Waals surface area contributed by atoms with Gasteiger partial charge in [0.2, 0.25) is 5.56 Å². The van der Waals surface area contributed by atoms with E-state index in [1.165, 1.54) is 5.56 Å². The largest absolute Gasteiger partial charge is 0.326 e. The van der Waals surface area contributed by atoms with Crippen molar-refractivity contribution in [3.8, 4) is 0 Å². The third-order valence-corrected chi connectivity index (χ3v) is 4.56. The number of thiazole rings is 1. The minimum atomic E-state index is -0.00706. The summed E-state index contributed by atoms with van der Waals surface area (Å²) in [6.45, 7) is 2.14. The van der Waals surface area contributed by atoms with E-state index < -0.39 is 0 Å². The zero-order chi connectivity index (χ0) is 13.2. The Bertz CT molecular complexity index is 605. The van der Waals surface area contributed by atoms with E-state index in [9.17, 15) is 4.79 Å². The summed E-state index contributed by atoms with van der Waals surface area (Å²) in [6, 6.07) is 4.12. The molecule has 0 spiro atoms. The maximum absolute atomic E-state index is 11.4. The van der Waals surface area contributed by atoms with Crippen LogP contribution in [0, 0.1) is 0 Å². The van der Waals surface area contributed by atoms with Crippen LogP contribution in [0.25, 0.3) is 0 Å². The first kappa shape index (κ1) is 12.6. The molecular formula is C14H17N3OS. The van der Waals surface area contributed by atoms with Crippen LogP contribution in [0.3, 0.4) is 0 Å². The fourth-order valence-electron chi connectivity index (χ4n) is 2.69. The van der Waals surface area contributed by atoms with Crippen molar-refractivity contribution >= 4 is 11.3 Å². The number of nitrogens with zero attached hydrogens (tertiary/aromatic N) is 1. The van der Waals surface area contributed by atoms with Crippen LogP contribution in [0.15, 0.2) is 28.5 Å². The highest BCUT2D eigenvalue weighted by atomic mass is 32.1. The zero-order valence-corrected chi connectivity index (χ0v) is 11.7. The van der Waals surface area contributed by atoms with Gasteiger partial charge in [0.05, 0.1) is 6.04 Å². The molecule has 0 saturated heterocycles. The average molecular weight is 275 g/mol. The van der Waals surface area contributed by atoms with E-state index in [0.29, 0.717) is 6.04 Å². The van der Waals surface area contributed by atoms with Gasteiger partial charge in [-0.05, 0) is 31.7 Å². The Labute approximate surface area is 115 Å². The van der Waals surface area contributed by atoms with Gasteiger partial charge in [-0.15, -0.1) is 11.3 Å². The Kier molecular flexibility index (Phi) is 3.48. The molecule has 2 N–H and O–H groups in total. The van der Waals surface area contributed by atoms with Crippen molar-refractivity contribution in [3.63, 3.8) is 0 Å². The van der Waals surface area contributed by atoms with Crippen molar-refractivity contribution in [1.29, 1.82) is 0 Å². The quantitative estimate of drug-likeness (QED) is 0.905. The number of hydrogen-bond acceptors (Lipinski definition) is 4. The number of nitrogens with one attached hydrogen (secondary N) is 2. The van der Waals surface area contributed by atoms with Gasteiger partial charge in [-0.25, -0.2) is 4.98 Å². The molecule has 4 nitrogen and oxygen atoms in total. The van der Waals surface area contributed by atoms with Gasteiger partial charge in [-0.1, -0.05) is 6.07 Å². The van der Waals surface area contributed by atoms with E-state index in [2.05, 4.69) is 22.2 Å². The second-order valence-electron chi connectivity index (χ2n) is 4.96. The monoisotopic (exact) mass is 275 g/mol. The molecule has 2 aromatic heterocycles. The molecule has 19 heavy (non-hydrogen) atoms. The smallest absolute Gasteiger partial charge is 0.248 e. The van der Waals surface area contributed by atoms with E-state index >= 15 is 0 Å². The van der Waals surface area contributed by atoms with Crippen LogP contribution in [0.5, 0.6) is 0 Å². The van der Waals surface area contributed by atoms with Gasteiger partial charge in [-0.3, -0.25) is 4.79 Å². The van der Waals surface area contributed by atoms with E-state index in [0.717, 1.165) is 30.0 Å². The molecule has 0 amide bonds. The summed E-state index contributed by atoms with van der Waals surface area (Å²) in [5.74, 6) is 0. The molecule has 1 aliphatic rings. The molecule has 2 aromatic rings. The molecule has 1 aliphatic carbocycles. The second-order valence-corrected chi connectivity index (χ2v) is 5.89. The van der Waals surface area contributed by atoms with Crippen molar-refractivity contribution in [2.75, 3.05) is 0 Å². The fraction of sp³-hybridized carbons (Fsp3) is 0.429. The molecule has 2 heterocycles. The van der Waals surface area contributed by atoms with Crippen LogP contribution in [0.1, 0.15) is 48.1 Å². The molecule has 0 bridgehead atoms. The normalized spacial score (nSPS) is 19.9. The maximum atomic E-state index is 11.4. The predicted molar refractivity (Wildman–Crippen MR) is 76.4 cm³/mol. The number of aromatic amines is 1. The minimum Gasteiger partial charge on any atom is -0.326 e. The van der Waals surface area contributed by atoms with Crippen LogP contribution in [-0.4, -0.2) is 9.97 Å². The number of aryl methyl sites for hydroxylation is 1. The maximum Gasteiger partial charge on any atom is 0.248 e. The van der Waals surface area contributed by atoms with E-state index in [1.54, 1.807) is 17.4 Å². The number of rotatable bonds is 3. The Balaban J connectivity index is 1.82. The predicted octanol–water partition coefficient (Wildman–Crippen LogP) is 2.56. The van der Waals surface area contributed by atoms with Gasteiger partial charge >= 0.3 is 0 Å². The van der Waals surface area contributed by atoms with Gasteiger partial charge in [-0.2, -0.15) is 0 Å². The summed E-state index contributed by atoms with van der Waals surface area (Å²) in [5.41, 5.74) is 2.31. The number of fused-ring (bicyclic) bond motifs is 1. The first-order valence-corrected chi connectivity index (χ1v) is 7.49. The summed E-state index contributed by atoms with van der Waals surface area (Å²) in [6.07, 6.45) is 5.02. The highest BCUT2D eigenvalue weighted by molar-refractivity contribution is 7.09. The first-order valence-electron chi connectivity index (χ1n) is 6.61. The highest BCUT2D eigenvalue weighted by Crippen LogP contribution is 2.30. The molecule has 3 rings (SSSR count). The van der Waals surface area contributed by atoms with Crippen LogP contribution in [0.4, 0.5) is 0 Å². The number of pyridine rings is 1. The van der Waals surface area contributed by atoms with Crippen molar-refractivity contribution in [2.45, 2.75) is 38.3 Å². The molecule has 0 aliphatic heterocycles. The Hall–Kier alpha value is -1.46. The SMILES string of the molecule is CC(NC1CCCc2[nH]c(=O)ccc21)c1nccs1. The molecule has 2 unspecified atom stereocenters. The lowest BCUT2D eigenvalue weighted by Gasteiger charge is -2.28. The van der Waals surface area contributed by atoms with Gasteiger partial charge in [0, 0.05) is 29.4 Å². The first-order chi connectivity index (χ1) is 9.24. The Morgan fingerprint density at radius 3 is 3.21 bits per heavy atom. The Morgan fingerprint density at radius 2 is 2.42 bits per heavy atom. The van der Waals surface area contributed by atoms with E-state index in [-0.39, 0.29) is 11.6 Å². The third kappa shape index (κ3) is 2.62. The molecule has 5 heteroatoms. The molecule has 0 fully saturated rings. The van der Waals surface area contributed by atoms with Crippen LogP contribution >= 0.6 is 11.3 Å². The summed E-state index contributed by atoms with van der Waals surface area (Å²) in [5, 5.41) is 6.73. The highest BCUT2D eigenvalue weighted by Gasteiger charge is 2.23. The summed E-state index contributed by atoms with van der Waals surface area (Å²) in [4.78, 5) is 18.7. The number of hydrogen-bond donors (Lipinski definition) is 2. The van der Waals surface area contributed by atoms with Crippen molar-refractivity contribution in [2.24, 2.45) is 0 Å². The summed E-state index contributed by atoms with van der Waals surface area (Å²) < 4.78 is 0. The molecule has 2 atom stereocenters. The van der Waals surface area contributed by atoms with Crippen molar-refractivity contribution in [3.05, 3.63) is 50.3 Å². The zero-order valence-electron chi connectivity index (χ0n) is 10.8.